The third-order valence-electron chi connectivity index (χ3n) is 2.68. The molecule has 0 radical (unpaired) electrons. The number of hydrogen-bond donors (Lipinski definition) is 3. The Morgan fingerprint density at radius 3 is 2.78 bits per heavy atom. The summed E-state index contributed by atoms with van der Waals surface area (Å²) >= 11 is 6.07. The van der Waals surface area contributed by atoms with Gasteiger partial charge in [-0.3, -0.25) is 15.2 Å². The van der Waals surface area contributed by atoms with Crippen molar-refractivity contribution in [3.8, 4) is 0 Å². The zero-order valence-electron chi connectivity index (χ0n) is 9.83. The first-order valence-electron chi connectivity index (χ1n) is 5.41. The fourth-order valence-electron chi connectivity index (χ4n) is 1.72. The van der Waals surface area contributed by atoms with E-state index in [0.29, 0.717) is 22.7 Å². The van der Waals surface area contributed by atoms with E-state index in [1.54, 1.807) is 13.0 Å². The molecule has 0 saturated heterocycles. The molecule has 5 nitrogen and oxygen atoms in total. The molecular weight excluding hydrogens is 252 g/mol. The number of hydrogen-bond acceptors (Lipinski definition) is 4. The molecule has 0 aliphatic carbocycles. The number of halogens is 1. The molecule has 18 heavy (non-hydrogen) atoms. The predicted molar refractivity (Wildman–Crippen MR) is 71.7 cm³/mol. The lowest BCUT2D eigenvalue weighted by molar-refractivity contribution is 0.972. The molecule has 2 rings (SSSR count). The molecule has 2 aromatic rings. The number of hydrazine groups is 1. The number of nitrogen functional groups attached to an aromatic ring is 1. The predicted octanol–water partition coefficient (Wildman–Crippen LogP) is 1.61. The maximum absolute atomic E-state index is 11.9. The Balaban J connectivity index is 2.42. The zero-order valence-corrected chi connectivity index (χ0v) is 10.6. The van der Waals surface area contributed by atoms with E-state index in [0.717, 1.165) is 5.56 Å². The van der Waals surface area contributed by atoms with E-state index in [9.17, 15) is 4.79 Å². The standard InChI is InChI=1S/C12H13ClN4O/c1-7-9(11(18)16-12(15-7)17-14)6-8-4-2-3-5-10(8)13/h2-5H,6,14H2,1H3,(H2,15,16,17,18). The van der Waals surface area contributed by atoms with Gasteiger partial charge in [-0.05, 0) is 18.6 Å². The van der Waals surface area contributed by atoms with Crippen LogP contribution in [0.3, 0.4) is 0 Å². The van der Waals surface area contributed by atoms with Crippen LogP contribution in [0.2, 0.25) is 5.02 Å². The van der Waals surface area contributed by atoms with Crippen LogP contribution in [0.15, 0.2) is 29.1 Å². The number of aromatic nitrogens is 2. The van der Waals surface area contributed by atoms with Crippen molar-refractivity contribution in [1.82, 2.24) is 9.97 Å². The summed E-state index contributed by atoms with van der Waals surface area (Å²) in [4.78, 5) is 18.6. The van der Waals surface area contributed by atoms with Crippen molar-refractivity contribution in [1.29, 1.82) is 0 Å². The second-order valence-electron chi connectivity index (χ2n) is 3.89. The van der Waals surface area contributed by atoms with Crippen molar-refractivity contribution in [3.63, 3.8) is 0 Å². The van der Waals surface area contributed by atoms with Crippen LogP contribution in [0, 0.1) is 6.92 Å². The van der Waals surface area contributed by atoms with Crippen molar-refractivity contribution in [2.24, 2.45) is 5.84 Å². The van der Waals surface area contributed by atoms with Crippen LogP contribution >= 0.6 is 11.6 Å². The Bertz CT molecular complexity index is 624. The van der Waals surface area contributed by atoms with Gasteiger partial charge in [0.15, 0.2) is 0 Å². The Morgan fingerprint density at radius 1 is 1.44 bits per heavy atom. The topological polar surface area (TPSA) is 83.8 Å². The molecule has 0 atom stereocenters. The maximum Gasteiger partial charge on any atom is 0.256 e. The zero-order chi connectivity index (χ0) is 13.1. The summed E-state index contributed by atoms with van der Waals surface area (Å²) in [6.07, 6.45) is 0.443. The first-order valence-corrected chi connectivity index (χ1v) is 5.79. The SMILES string of the molecule is Cc1nc(NN)[nH]c(=O)c1Cc1ccccc1Cl. The second kappa shape index (κ2) is 5.20. The summed E-state index contributed by atoms with van der Waals surface area (Å²) in [6.45, 7) is 1.77. The number of rotatable bonds is 3. The fraction of sp³-hybridized carbons (Fsp3) is 0.167. The van der Waals surface area contributed by atoms with Gasteiger partial charge in [-0.1, -0.05) is 29.8 Å². The smallest absolute Gasteiger partial charge is 0.256 e. The quantitative estimate of drug-likeness (QED) is 0.581. The Morgan fingerprint density at radius 2 is 2.17 bits per heavy atom. The van der Waals surface area contributed by atoms with Crippen LogP contribution in [0.4, 0.5) is 5.95 Å². The molecule has 0 spiro atoms. The van der Waals surface area contributed by atoms with Gasteiger partial charge in [0.25, 0.3) is 5.56 Å². The minimum absolute atomic E-state index is 0.213. The Labute approximate surface area is 109 Å². The van der Waals surface area contributed by atoms with Gasteiger partial charge in [0.2, 0.25) is 5.95 Å². The molecule has 0 amide bonds. The molecule has 1 aromatic carbocycles. The Hall–Kier alpha value is -1.85. The summed E-state index contributed by atoms with van der Waals surface area (Å²) in [7, 11) is 0. The molecule has 0 aliphatic rings. The van der Waals surface area contributed by atoms with Gasteiger partial charge in [-0.15, -0.1) is 0 Å². The normalized spacial score (nSPS) is 10.4. The molecule has 0 fully saturated rings. The largest absolute Gasteiger partial charge is 0.294 e. The van der Waals surface area contributed by atoms with Crippen LogP contribution in [0.1, 0.15) is 16.8 Å². The number of H-pyrrole nitrogens is 1. The molecule has 1 heterocycles. The highest BCUT2D eigenvalue weighted by molar-refractivity contribution is 6.31. The van der Waals surface area contributed by atoms with E-state index in [1.807, 2.05) is 18.2 Å². The maximum atomic E-state index is 11.9. The number of nitrogens with zero attached hydrogens (tertiary/aromatic N) is 1. The molecule has 0 aliphatic heterocycles. The number of nitrogens with one attached hydrogen (secondary N) is 2. The molecule has 4 N–H and O–H groups in total. The number of nitrogens with two attached hydrogens (primary N) is 1. The number of benzene rings is 1. The third-order valence-corrected chi connectivity index (χ3v) is 3.05. The number of aryl methyl sites for hydroxylation is 1. The van der Waals surface area contributed by atoms with Gasteiger partial charge in [0, 0.05) is 17.0 Å². The summed E-state index contributed by atoms with van der Waals surface area (Å²) < 4.78 is 0. The van der Waals surface area contributed by atoms with E-state index >= 15 is 0 Å². The monoisotopic (exact) mass is 264 g/mol. The lowest BCUT2D eigenvalue weighted by Crippen LogP contribution is -2.21. The first kappa shape index (κ1) is 12.6. The van der Waals surface area contributed by atoms with E-state index in [4.69, 9.17) is 17.4 Å². The van der Waals surface area contributed by atoms with Crippen LogP contribution < -0.4 is 16.8 Å². The van der Waals surface area contributed by atoms with E-state index in [2.05, 4.69) is 15.4 Å². The van der Waals surface area contributed by atoms with Gasteiger partial charge < -0.3 is 0 Å². The molecule has 94 valence electrons. The van der Waals surface area contributed by atoms with Gasteiger partial charge in [-0.25, -0.2) is 10.8 Å². The van der Waals surface area contributed by atoms with Crippen molar-refractivity contribution in [2.45, 2.75) is 13.3 Å². The highest BCUT2D eigenvalue weighted by Gasteiger charge is 2.10. The van der Waals surface area contributed by atoms with Gasteiger partial charge in [-0.2, -0.15) is 0 Å². The molecule has 1 aromatic heterocycles. The van der Waals surface area contributed by atoms with E-state index in [-0.39, 0.29) is 11.5 Å². The van der Waals surface area contributed by atoms with E-state index in [1.165, 1.54) is 0 Å². The summed E-state index contributed by atoms with van der Waals surface area (Å²) in [5, 5.41) is 0.636. The van der Waals surface area contributed by atoms with Gasteiger partial charge in [0.05, 0.1) is 5.69 Å². The van der Waals surface area contributed by atoms with Crippen molar-refractivity contribution < 1.29 is 0 Å². The fourth-order valence-corrected chi connectivity index (χ4v) is 1.92. The highest BCUT2D eigenvalue weighted by atomic mass is 35.5. The summed E-state index contributed by atoms with van der Waals surface area (Å²) in [5.41, 5.74) is 4.21. The average Bonchev–Trinajstić information content (AvgIpc) is 2.35. The third kappa shape index (κ3) is 2.52. The first-order chi connectivity index (χ1) is 8.61. The van der Waals surface area contributed by atoms with Crippen LogP contribution in [0.5, 0.6) is 0 Å². The lowest BCUT2D eigenvalue weighted by atomic mass is 10.1. The minimum atomic E-state index is -0.213. The van der Waals surface area contributed by atoms with E-state index < -0.39 is 0 Å². The molecule has 0 unspecified atom stereocenters. The molecule has 0 bridgehead atoms. The highest BCUT2D eigenvalue weighted by Crippen LogP contribution is 2.18. The summed E-state index contributed by atoms with van der Waals surface area (Å²) in [5.74, 6) is 5.46. The second-order valence-corrected chi connectivity index (χ2v) is 4.30. The molecular formula is C12H13ClN4O. The lowest BCUT2D eigenvalue weighted by Gasteiger charge is -2.07. The average molecular weight is 265 g/mol. The molecule has 6 heteroatoms. The molecule has 0 saturated carbocycles. The van der Waals surface area contributed by atoms with Crippen LogP contribution in [0.25, 0.3) is 0 Å². The van der Waals surface area contributed by atoms with Gasteiger partial charge >= 0.3 is 0 Å². The summed E-state index contributed by atoms with van der Waals surface area (Å²) in [6, 6.07) is 7.41. The van der Waals surface area contributed by atoms with Crippen molar-refractivity contribution in [2.75, 3.05) is 5.43 Å². The van der Waals surface area contributed by atoms with Crippen molar-refractivity contribution in [3.05, 3.63) is 56.5 Å². The number of aromatic amines is 1. The van der Waals surface area contributed by atoms with Crippen molar-refractivity contribution >= 4 is 17.5 Å². The van der Waals surface area contributed by atoms with Crippen LogP contribution in [-0.2, 0) is 6.42 Å². The van der Waals surface area contributed by atoms with Crippen LogP contribution in [-0.4, -0.2) is 9.97 Å². The Kier molecular flexibility index (Phi) is 3.64. The minimum Gasteiger partial charge on any atom is -0.294 e. The number of anilines is 1. The van der Waals surface area contributed by atoms with Gasteiger partial charge in [0.1, 0.15) is 0 Å².